The molecular weight excluding hydrogens is 250 g/mol. The van der Waals surface area contributed by atoms with Crippen molar-refractivity contribution < 1.29 is 4.92 Å². The Morgan fingerprint density at radius 1 is 1.44 bits per heavy atom. The van der Waals surface area contributed by atoms with E-state index in [9.17, 15) is 10.1 Å². The number of nitro benzene ring substituents is 1. The third kappa shape index (κ3) is 2.60. The molecule has 5 nitrogen and oxygen atoms in total. The van der Waals surface area contributed by atoms with Gasteiger partial charge < -0.3 is 4.98 Å². The van der Waals surface area contributed by atoms with Crippen LogP contribution in [-0.4, -0.2) is 14.9 Å². The second-order valence-corrected chi connectivity index (χ2v) is 4.17. The van der Waals surface area contributed by atoms with Crippen molar-refractivity contribution in [2.75, 3.05) is 0 Å². The normalized spacial score (nSPS) is 10.3. The summed E-state index contributed by atoms with van der Waals surface area (Å²) >= 11 is 5.07. The summed E-state index contributed by atoms with van der Waals surface area (Å²) < 4.78 is 0.479. The van der Waals surface area contributed by atoms with Crippen LogP contribution in [0.2, 0.25) is 0 Å². The second kappa shape index (κ2) is 5.05. The smallest absolute Gasteiger partial charge is 0.270 e. The molecular formula is C12H11N3O2S. The van der Waals surface area contributed by atoms with E-state index >= 15 is 0 Å². The van der Waals surface area contributed by atoms with E-state index < -0.39 is 4.92 Å². The molecule has 0 radical (unpaired) electrons. The maximum atomic E-state index is 10.7. The molecule has 1 N–H and O–H groups in total. The van der Waals surface area contributed by atoms with Gasteiger partial charge in [-0.25, -0.2) is 4.98 Å². The zero-order valence-electron chi connectivity index (χ0n) is 9.71. The molecule has 18 heavy (non-hydrogen) atoms. The standard InChI is InChI=1S/C12H11N3O2S/c1-2-9-7-11(18)14-12(13-9)8-4-3-5-10(6-8)15(16)17/h3-7H,2H2,1H3,(H,13,14,18). The number of nitrogens with zero attached hydrogens (tertiary/aromatic N) is 2. The lowest BCUT2D eigenvalue weighted by Gasteiger charge is -2.04. The molecule has 1 heterocycles. The van der Waals surface area contributed by atoms with Gasteiger partial charge in [-0.15, -0.1) is 0 Å². The predicted molar refractivity (Wildman–Crippen MR) is 70.9 cm³/mol. The summed E-state index contributed by atoms with van der Waals surface area (Å²) in [5, 5.41) is 10.7. The summed E-state index contributed by atoms with van der Waals surface area (Å²) in [5.41, 5.74) is 1.65. The van der Waals surface area contributed by atoms with Crippen molar-refractivity contribution in [3.63, 3.8) is 0 Å². The summed E-state index contributed by atoms with van der Waals surface area (Å²) in [6.45, 7) is 2.00. The Morgan fingerprint density at radius 3 is 2.89 bits per heavy atom. The van der Waals surface area contributed by atoms with Crippen molar-refractivity contribution in [1.29, 1.82) is 0 Å². The maximum Gasteiger partial charge on any atom is 0.270 e. The predicted octanol–water partition coefficient (Wildman–Crippen LogP) is 3.28. The van der Waals surface area contributed by atoms with E-state index in [4.69, 9.17) is 12.2 Å². The van der Waals surface area contributed by atoms with Gasteiger partial charge >= 0.3 is 0 Å². The summed E-state index contributed by atoms with van der Waals surface area (Å²) in [4.78, 5) is 17.6. The minimum absolute atomic E-state index is 0.0375. The van der Waals surface area contributed by atoms with Crippen molar-refractivity contribution in [1.82, 2.24) is 9.97 Å². The van der Waals surface area contributed by atoms with Crippen LogP contribution >= 0.6 is 12.2 Å². The van der Waals surface area contributed by atoms with Crippen LogP contribution in [0.15, 0.2) is 30.3 Å². The first-order valence-electron chi connectivity index (χ1n) is 5.45. The van der Waals surface area contributed by atoms with Crippen LogP contribution in [0.5, 0.6) is 0 Å². The largest absolute Gasteiger partial charge is 0.343 e. The van der Waals surface area contributed by atoms with Gasteiger partial charge in [0, 0.05) is 23.4 Å². The number of nitrogens with one attached hydrogen (secondary N) is 1. The lowest BCUT2D eigenvalue weighted by Crippen LogP contribution is -1.95. The van der Waals surface area contributed by atoms with E-state index in [0.717, 1.165) is 12.1 Å². The van der Waals surface area contributed by atoms with E-state index in [2.05, 4.69) is 9.97 Å². The van der Waals surface area contributed by atoms with Crippen molar-refractivity contribution in [2.24, 2.45) is 0 Å². The average molecular weight is 261 g/mol. The number of hydrogen-bond donors (Lipinski definition) is 1. The topological polar surface area (TPSA) is 71.8 Å². The number of aromatic amines is 1. The first kappa shape index (κ1) is 12.4. The van der Waals surface area contributed by atoms with Crippen LogP contribution in [0, 0.1) is 14.8 Å². The molecule has 1 aromatic heterocycles. The van der Waals surface area contributed by atoms with Crippen molar-refractivity contribution in [3.05, 3.63) is 50.8 Å². The Morgan fingerprint density at radius 2 is 2.22 bits per heavy atom. The number of nitro groups is 1. The molecule has 0 saturated heterocycles. The number of benzene rings is 1. The van der Waals surface area contributed by atoms with Crippen LogP contribution in [-0.2, 0) is 6.42 Å². The monoisotopic (exact) mass is 261 g/mol. The zero-order valence-corrected chi connectivity index (χ0v) is 10.5. The zero-order chi connectivity index (χ0) is 13.1. The molecule has 2 rings (SSSR count). The third-order valence-electron chi connectivity index (χ3n) is 2.51. The Hall–Kier alpha value is -2.08. The van der Waals surface area contributed by atoms with E-state index in [1.807, 2.05) is 6.92 Å². The highest BCUT2D eigenvalue weighted by atomic mass is 32.1. The van der Waals surface area contributed by atoms with E-state index in [0.29, 0.717) is 16.0 Å². The lowest BCUT2D eigenvalue weighted by molar-refractivity contribution is -0.384. The fourth-order valence-corrected chi connectivity index (χ4v) is 1.84. The lowest BCUT2D eigenvalue weighted by atomic mass is 10.2. The van der Waals surface area contributed by atoms with Crippen LogP contribution in [0.25, 0.3) is 11.4 Å². The highest BCUT2D eigenvalue weighted by Gasteiger charge is 2.08. The molecule has 0 aliphatic carbocycles. The highest BCUT2D eigenvalue weighted by molar-refractivity contribution is 7.71. The van der Waals surface area contributed by atoms with Crippen LogP contribution in [0.3, 0.4) is 0 Å². The first-order chi connectivity index (χ1) is 8.60. The van der Waals surface area contributed by atoms with Gasteiger partial charge in [0.25, 0.3) is 5.69 Å². The minimum Gasteiger partial charge on any atom is -0.343 e. The second-order valence-electron chi connectivity index (χ2n) is 3.75. The van der Waals surface area contributed by atoms with Crippen LogP contribution in [0.1, 0.15) is 12.6 Å². The average Bonchev–Trinajstić information content (AvgIpc) is 2.38. The number of rotatable bonds is 3. The Labute approximate surface area is 109 Å². The SMILES string of the molecule is CCc1cc(=S)nc(-c2cccc([N+](=O)[O-])c2)[nH]1. The molecule has 0 aliphatic heterocycles. The quantitative estimate of drug-likeness (QED) is 0.523. The van der Waals surface area contributed by atoms with Gasteiger partial charge in [0.1, 0.15) is 10.5 Å². The number of H-pyrrole nitrogens is 1. The Bertz CT molecular complexity index is 652. The number of aromatic nitrogens is 2. The van der Waals surface area contributed by atoms with Gasteiger partial charge in [-0.1, -0.05) is 31.3 Å². The number of non-ortho nitro benzene ring substituents is 1. The van der Waals surface area contributed by atoms with Crippen molar-refractivity contribution in [3.8, 4) is 11.4 Å². The van der Waals surface area contributed by atoms with E-state index in [1.54, 1.807) is 18.2 Å². The molecule has 0 bridgehead atoms. The maximum absolute atomic E-state index is 10.7. The van der Waals surface area contributed by atoms with Gasteiger partial charge in [-0.05, 0) is 12.5 Å². The van der Waals surface area contributed by atoms with Crippen molar-refractivity contribution in [2.45, 2.75) is 13.3 Å². The van der Waals surface area contributed by atoms with E-state index in [1.165, 1.54) is 12.1 Å². The van der Waals surface area contributed by atoms with Gasteiger partial charge in [-0.3, -0.25) is 10.1 Å². The fourth-order valence-electron chi connectivity index (χ4n) is 1.60. The molecule has 0 atom stereocenters. The molecule has 6 heteroatoms. The van der Waals surface area contributed by atoms with Gasteiger partial charge in [0.15, 0.2) is 0 Å². The molecule has 2 aromatic rings. The van der Waals surface area contributed by atoms with E-state index in [-0.39, 0.29) is 5.69 Å². The highest BCUT2D eigenvalue weighted by Crippen LogP contribution is 2.21. The molecule has 0 spiro atoms. The molecule has 1 aromatic carbocycles. The molecule has 0 unspecified atom stereocenters. The minimum atomic E-state index is -0.429. The molecule has 0 saturated carbocycles. The van der Waals surface area contributed by atoms with Crippen LogP contribution < -0.4 is 0 Å². The summed E-state index contributed by atoms with van der Waals surface area (Å²) in [6.07, 6.45) is 0.800. The number of hydrogen-bond acceptors (Lipinski definition) is 4. The number of aryl methyl sites for hydroxylation is 1. The van der Waals surface area contributed by atoms with Gasteiger partial charge in [-0.2, -0.15) is 0 Å². The Balaban J connectivity index is 2.54. The van der Waals surface area contributed by atoms with Crippen molar-refractivity contribution >= 4 is 17.9 Å². The van der Waals surface area contributed by atoms with Gasteiger partial charge in [0.05, 0.1) is 4.92 Å². The fraction of sp³-hybridized carbons (Fsp3) is 0.167. The summed E-state index contributed by atoms with van der Waals surface area (Å²) in [6, 6.07) is 8.11. The first-order valence-corrected chi connectivity index (χ1v) is 5.86. The van der Waals surface area contributed by atoms with Gasteiger partial charge in [0.2, 0.25) is 0 Å². The summed E-state index contributed by atoms with van der Waals surface area (Å²) in [7, 11) is 0. The summed E-state index contributed by atoms with van der Waals surface area (Å²) in [5.74, 6) is 0.558. The molecule has 0 amide bonds. The Kier molecular flexibility index (Phi) is 3.47. The molecule has 0 aliphatic rings. The van der Waals surface area contributed by atoms with Crippen LogP contribution in [0.4, 0.5) is 5.69 Å². The molecule has 92 valence electrons. The third-order valence-corrected chi connectivity index (χ3v) is 2.72. The molecule has 0 fully saturated rings.